The zero-order chi connectivity index (χ0) is 47.5. The molecule has 0 saturated heterocycles. The number of hydrogen-bond donors (Lipinski definition) is 2. The smallest absolute Gasteiger partial charge is 0.744 e. The van der Waals surface area contributed by atoms with Gasteiger partial charge in [-0.25, -0.2) is 50.5 Å². The fourth-order valence-electron chi connectivity index (χ4n) is 5.92. The molecule has 4 N–H and O–H groups in total. The van der Waals surface area contributed by atoms with E-state index in [1.807, 2.05) is 0 Å². The molecular weight excluding hydrogens is 1110 g/mol. The van der Waals surface area contributed by atoms with Gasteiger partial charge in [0.2, 0.25) is 0 Å². The molecule has 0 aliphatic heterocycles. The Morgan fingerprint density at radius 2 is 0.714 bits per heavy atom. The van der Waals surface area contributed by atoms with Crippen molar-refractivity contribution in [3.8, 4) is 0 Å². The molecule has 0 spiro atoms. The molecule has 336 valence electrons. The average molecular weight is 1130 g/mol. The molecule has 6 aromatic carbocycles. The maximum absolute atomic E-state index is 12.4. The number of benzene rings is 6. The molecule has 6 rings (SSSR count). The average Bonchev–Trinajstić information content (AvgIpc) is 3.16. The van der Waals surface area contributed by atoms with Crippen molar-refractivity contribution in [3.63, 3.8) is 0 Å². The van der Waals surface area contributed by atoms with E-state index < -0.39 is 135 Å². The van der Waals surface area contributed by atoms with Crippen molar-refractivity contribution < 1.29 is 255 Å². The molecule has 36 heteroatoms. The number of nitrogens with zero attached hydrogens (tertiary/aromatic N) is 4. The largest absolute Gasteiger partial charge is 1.00 e. The quantitative estimate of drug-likeness (QED) is 0.0378. The molecule has 0 bridgehead atoms. The zero-order valence-corrected chi connectivity index (χ0v) is 53.9. The molecule has 0 atom stereocenters. The van der Waals surface area contributed by atoms with Gasteiger partial charge in [-0.05, 0) is 82.6 Å². The summed E-state index contributed by atoms with van der Waals surface area (Å²) in [7, 11) is -31.6. The summed E-state index contributed by atoms with van der Waals surface area (Å²) in [6.07, 6.45) is 1.80. The maximum atomic E-state index is 12.4. The second-order valence-electron chi connectivity index (χ2n) is 12.9. The van der Waals surface area contributed by atoms with Crippen LogP contribution in [0.2, 0.25) is 0 Å². The fourth-order valence-corrected chi connectivity index (χ4v) is 9.58. The molecule has 0 unspecified atom stereocenters. The molecule has 0 saturated carbocycles. The minimum atomic E-state index is -5.42. The molecule has 0 aliphatic rings. The molecule has 0 aliphatic carbocycles. The van der Waals surface area contributed by atoms with Crippen molar-refractivity contribution in [2.75, 3.05) is 11.5 Å². The van der Waals surface area contributed by atoms with Crippen LogP contribution in [-0.2, 0) is 60.7 Å². The Labute approximate surface area is 532 Å². The molecule has 6 aromatic rings. The van der Waals surface area contributed by atoms with E-state index in [1.165, 1.54) is 0 Å². The van der Waals surface area contributed by atoms with Gasteiger partial charge in [0.05, 0.1) is 52.1 Å². The van der Waals surface area contributed by atoms with Crippen molar-refractivity contribution >= 4 is 129 Å². The second kappa shape index (κ2) is 26.3. The van der Waals surface area contributed by atoms with Crippen LogP contribution >= 0.6 is 0 Å². The summed E-state index contributed by atoms with van der Waals surface area (Å²) >= 11 is 0. The Kier molecular flexibility index (Phi) is 26.2. The van der Waals surface area contributed by atoms with Crippen LogP contribution in [-0.4, -0.2) is 77.8 Å². The summed E-state index contributed by atoms with van der Waals surface area (Å²) in [5, 5.41) is 14.2. The second-order valence-corrected chi connectivity index (χ2v) is 21.1. The summed E-state index contributed by atoms with van der Waals surface area (Å²) < 4.78 is 216. The third-order valence-corrected chi connectivity index (χ3v) is 14.0. The van der Waals surface area contributed by atoms with Crippen molar-refractivity contribution in [1.82, 2.24) is 0 Å². The molecule has 0 fully saturated rings. The summed E-state index contributed by atoms with van der Waals surface area (Å²) in [4.78, 5) is -5.73. The predicted octanol–water partition coefficient (Wildman–Crippen LogP) is -14.4. The number of hydrogen-bond acceptors (Lipinski definition) is 24. The number of rotatable bonds is 12. The van der Waals surface area contributed by atoms with Gasteiger partial charge in [-0.15, -0.1) is 10.2 Å². The van der Waals surface area contributed by atoms with E-state index in [0.29, 0.717) is 18.2 Å². The van der Waals surface area contributed by atoms with Crippen LogP contribution in [0.25, 0.3) is 33.7 Å². The van der Waals surface area contributed by atoms with Gasteiger partial charge >= 0.3 is 177 Å². The van der Waals surface area contributed by atoms with Crippen LogP contribution in [0, 0.1) is 0 Å². The van der Waals surface area contributed by atoms with Crippen LogP contribution in [0.1, 0.15) is 11.1 Å². The SMILES string of the molecule is Nc1c(S(=O)(=O)[O-])cc2cc(S(=O)(=O)[O-])ccc2c1N=Nc1ccc(/C=C/c2ccc(N=Nc3c(N)c(S(=O)(=O)[O-])cc4ccc(S(=O)(=O)[O-])cc34)cc2S(=O)(=O)[O-])c(S(=O)(=O)[O-])c1.[Na+].[Na+].[Na+].[Na+].[Na+].[Na+]. The van der Waals surface area contributed by atoms with Gasteiger partial charge in [0, 0.05) is 10.8 Å². The van der Waals surface area contributed by atoms with Gasteiger partial charge < -0.3 is 38.8 Å². The molecule has 0 amide bonds. The number of azo groups is 2. The Bertz CT molecular complexity index is 3830. The van der Waals surface area contributed by atoms with Gasteiger partial charge in [0.15, 0.2) is 0 Å². The van der Waals surface area contributed by atoms with E-state index in [4.69, 9.17) is 11.5 Å². The molecular formula is C34H20N6Na6O18S6. The normalized spacial score (nSPS) is 12.4. The summed E-state index contributed by atoms with van der Waals surface area (Å²) in [5.41, 5.74) is 7.28. The van der Waals surface area contributed by atoms with Crippen LogP contribution in [0.3, 0.4) is 0 Å². The third-order valence-electron chi connectivity index (χ3n) is 8.79. The van der Waals surface area contributed by atoms with E-state index in [9.17, 15) is 77.8 Å². The zero-order valence-electron chi connectivity index (χ0n) is 37.0. The molecule has 70 heavy (non-hydrogen) atoms. The van der Waals surface area contributed by atoms with Crippen LogP contribution in [0.15, 0.2) is 135 Å². The van der Waals surface area contributed by atoms with Crippen molar-refractivity contribution in [1.29, 1.82) is 0 Å². The van der Waals surface area contributed by atoms with E-state index >= 15 is 0 Å². The van der Waals surface area contributed by atoms with E-state index in [1.54, 1.807) is 0 Å². The van der Waals surface area contributed by atoms with Crippen LogP contribution < -0.4 is 189 Å². The first kappa shape index (κ1) is 69.8. The van der Waals surface area contributed by atoms with Crippen molar-refractivity contribution in [3.05, 3.63) is 96.1 Å². The van der Waals surface area contributed by atoms with Gasteiger partial charge in [0.1, 0.15) is 72.1 Å². The topological polar surface area (TPSA) is 445 Å². The molecule has 0 aromatic heterocycles. The molecule has 0 heterocycles. The van der Waals surface area contributed by atoms with Gasteiger partial charge in [-0.1, -0.05) is 36.4 Å². The Morgan fingerprint density at radius 1 is 0.357 bits per heavy atom. The first-order valence-corrected chi connectivity index (χ1v) is 25.1. The predicted molar refractivity (Wildman–Crippen MR) is 215 cm³/mol. The minimum absolute atomic E-state index is 0. The summed E-state index contributed by atoms with van der Waals surface area (Å²) in [5.74, 6) is 0. The Morgan fingerprint density at radius 3 is 1.10 bits per heavy atom. The fraction of sp³-hybridized carbons (Fsp3) is 0. The number of nitrogen functional groups attached to an aromatic ring is 2. The van der Waals surface area contributed by atoms with E-state index in [0.717, 1.165) is 78.9 Å². The van der Waals surface area contributed by atoms with Crippen LogP contribution in [0.5, 0.6) is 0 Å². The van der Waals surface area contributed by atoms with Gasteiger partial charge in [-0.2, -0.15) is 10.2 Å². The van der Waals surface area contributed by atoms with E-state index in [2.05, 4.69) is 20.5 Å². The van der Waals surface area contributed by atoms with Gasteiger partial charge in [0.25, 0.3) is 0 Å². The van der Waals surface area contributed by atoms with E-state index in [-0.39, 0.29) is 199 Å². The maximum Gasteiger partial charge on any atom is 1.00 e. The monoisotopic (exact) mass is 1130 g/mol. The Hall–Kier alpha value is -0.160. The molecule has 24 nitrogen and oxygen atoms in total. The standard InChI is InChI=1S/C34H26N6O18S6.6Na/c35-31-30(64(56,57)58)13-20-11-23(59(41,42)43)9-10-25(20)33(31)39-37-21-6-3-17(27(14-21)61(47,48)49)1-2-18-4-7-22(15-28(18)62(50,51)52)38-40-34-26-16-24(60(44,45)46)8-5-19(26)12-29(32(34)36)63(53,54)55;;;;;;/h1-16H,35-36H2,(H,41,42,43)(H,44,45,46)(H,47,48,49)(H,50,51,52)(H,53,54,55)(H,56,57,58);;;;;;/q;6*+1/p-6/b2-1+,39-37?,40-38?;;;;;;. The number of fused-ring (bicyclic) bond motifs is 2. The molecule has 0 radical (unpaired) electrons. The van der Waals surface area contributed by atoms with Crippen molar-refractivity contribution in [2.45, 2.75) is 29.4 Å². The summed E-state index contributed by atoms with van der Waals surface area (Å²) in [6, 6.07) is 12.0. The first-order chi connectivity index (χ1) is 29.3. The van der Waals surface area contributed by atoms with Gasteiger partial charge in [-0.3, -0.25) is 0 Å². The summed E-state index contributed by atoms with van der Waals surface area (Å²) in [6.45, 7) is 0. The first-order valence-electron chi connectivity index (χ1n) is 16.6. The number of anilines is 2. The minimum Gasteiger partial charge on any atom is -0.744 e. The Balaban J connectivity index is 0.00000793. The van der Waals surface area contributed by atoms with Crippen LogP contribution in [0.4, 0.5) is 34.1 Å². The number of nitrogens with two attached hydrogens (primary N) is 2. The third kappa shape index (κ3) is 16.7. The van der Waals surface area contributed by atoms with Crippen molar-refractivity contribution in [2.24, 2.45) is 20.5 Å².